The molecule has 0 spiro atoms. The van der Waals surface area contributed by atoms with Gasteiger partial charge in [0.15, 0.2) is 0 Å². The van der Waals surface area contributed by atoms with Gasteiger partial charge in [-0.05, 0) is 88.4 Å². The Morgan fingerprint density at radius 2 is 1.62 bits per heavy atom. The number of carbonyl (C=O) groups excluding carboxylic acids is 3. The third kappa shape index (κ3) is 7.04. The lowest BCUT2D eigenvalue weighted by Crippen LogP contribution is -2.58. The maximum absolute atomic E-state index is 13.9. The second-order valence-electron chi connectivity index (χ2n) is 11.5. The van der Waals surface area contributed by atoms with Gasteiger partial charge in [-0.25, -0.2) is 4.79 Å². The lowest BCUT2D eigenvalue weighted by Gasteiger charge is -2.45. The predicted octanol–water partition coefficient (Wildman–Crippen LogP) is 6.89. The number of likely N-dealkylation sites (N-methyl/N-ethyl adjacent to an activating group) is 1. The molecule has 0 aliphatic carbocycles. The Hall–Kier alpha value is -2.48. The molecule has 40 heavy (non-hydrogen) atoms. The highest BCUT2D eigenvalue weighted by molar-refractivity contribution is 6.42. The van der Waals surface area contributed by atoms with Gasteiger partial charge < -0.3 is 14.5 Å². The van der Waals surface area contributed by atoms with Gasteiger partial charge in [0, 0.05) is 49.2 Å². The van der Waals surface area contributed by atoms with Gasteiger partial charge in [0.2, 0.25) is 5.91 Å². The molecule has 10 heteroatoms. The first-order chi connectivity index (χ1) is 18.9. The van der Waals surface area contributed by atoms with Crippen LogP contribution in [0.5, 0.6) is 0 Å². The summed E-state index contributed by atoms with van der Waals surface area (Å²) in [6.07, 6.45) is 2.38. The Balaban J connectivity index is 1.59. The molecule has 2 aromatic carbocycles. The Bertz CT molecular complexity index is 1250. The fourth-order valence-electron chi connectivity index (χ4n) is 5.56. The second-order valence-corrected chi connectivity index (χ2v) is 12.8. The number of carbonyl (C=O) groups is 3. The molecule has 0 bridgehead atoms. The van der Waals surface area contributed by atoms with Crippen molar-refractivity contribution in [3.05, 3.63) is 68.7 Å². The van der Waals surface area contributed by atoms with E-state index in [0.29, 0.717) is 53.1 Å². The number of hydrogen-bond acceptors (Lipinski definition) is 4. The van der Waals surface area contributed by atoms with E-state index in [9.17, 15) is 14.4 Å². The number of amides is 3. The summed E-state index contributed by atoms with van der Waals surface area (Å²) in [6, 6.07) is 11.5. The van der Waals surface area contributed by atoms with Crippen molar-refractivity contribution in [1.29, 1.82) is 0 Å². The first kappa shape index (κ1) is 30.5. The van der Waals surface area contributed by atoms with E-state index in [1.165, 1.54) is 0 Å². The van der Waals surface area contributed by atoms with E-state index < -0.39 is 17.7 Å². The van der Waals surface area contributed by atoms with Crippen molar-refractivity contribution >= 4 is 52.7 Å². The molecule has 7 nitrogen and oxygen atoms in total. The average molecular weight is 609 g/mol. The van der Waals surface area contributed by atoms with Crippen molar-refractivity contribution in [2.45, 2.75) is 70.1 Å². The average Bonchev–Trinajstić information content (AvgIpc) is 2.92. The van der Waals surface area contributed by atoms with Crippen LogP contribution in [0, 0.1) is 0 Å². The topological polar surface area (TPSA) is 70.2 Å². The fourth-order valence-corrected chi connectivity index (χ4v) is 5.99. The van der Waals surface area contributed by atoms with E-state index in [1.807, 2.05) is 37.8 Å². The number of nitrogens with zero attached hydrogens (tertiary/aromatic N) is 3. The van der Waals surface area contributed by atoms with Gasteiger partial charge in [0.1, 0.15) is 11.6 Å². The third-order valence-corrected chi connectivity index (χ3v) is 8.58. The highest BCUT2D eigenvalue weighted by atomic mass is 35.5. The van der Waals surface area contributed by atoms with Crippen LogP contribution in [0.25, 0.3) is 0 Å². The molecule has 3 atom stereocenters. The summed E-state index contributed by atoms with van der Waals surface area (Å²) in [5.41, 5.74) is 0.773. The molecule has 2 aliphatic heterocycles. The fraction of sp³-hybridized carbons (Fsp3) is 0.500. The van der Waals surface area contributed by atoms with Crippen LogP contribution in [-0.4, -0.2) is 77.0 Å². The lowest BCUT2D eigenvalue weighted by atomic mass is 9.84. The monoisotopic (exact) mass is 607 g/mol. The molecular weight excluding hydrogens is 573 g/mol. The summed E-state index contributed by atoms with van der Waals surface area (Å²) >= 11 is 18.6. The minimum atomic E-state index is -0.652. The van der Waals surface area contributed by atoms with Gasteiger partial charge in [-0.2, -0.15) is 0 Å². The first-order valence-electron chi connectivity index (χ1n) is 13.6. The zero-order valence-electron chi connectivity index (χ0n) is 23.3. The highest BCUT2D eigenvalue weighted by Gasteiger charge is 2.42. The molecule has 216 valence electrons. The van der Waals surface area contributed by atoms with E-state index in [2.05, 4.69) is 0 Å². The van der Waals surface area contributed by atoms with Crippen LogP contribution < -0.4 is 0 Å². The van der Waals surface area contributed by atoms with E-state index in [0.717, 1.165) is 18.4 Å². The largest absolute Gasteiger partial charge is 0.444 e. The number of benzene rings is 2. The van der Waals surface area contributed by atoms with Crippen LogP contribution in [0.2, 0.25) is 15.1 Å². The smallest absolute Gasteiger partial charge is 0.410 e. The molecule has 2 heterocycles. The Morgan fingerprint density at radius 3 is 2.27 bits per heavy atom. The third-order valence-electron chi connectivity index (χ3n) is 7.58. The molecule has 2 saturated heterocycles. The van der Waals surface area contributed by atoms with Crippen LogP contribution in [0.4, 0.5) is 4.79 Å². The molecule has 2 aliphatic rings. The number of halogens is 3. The summed E-state index contributed by atoms with van der Waals surface area (Å²) in [7, 11) is 1.79. The highest BCUT2D eigenvalue weighted by Crippen LogP contribution is 2.35. The minimum absolute atomic E-state index is 0.0965. The van der Waals surface area contributed by atoms with Crippen LogP contribution >= 0.6 is 34.8 Å². The summed E-state index contributed by atoms with van der Waals surface area (Å²) in [5.74, 6) is -0.442. The van der Waals surface area contributed by atoms with Crippen molar-refractivity contribution in [3.8, 4) is 0 Å². The van der Waals surface area contributed by atoms with Crippen molar-refractivity contribution in [3.63, 3.8) is 0 Å². The molecule has 0 radical (unpaired) electrons. The number of hydrogen-bond donors (Lipinski definition) is 0. The molecular formula is C30H36Cl3N3O4. The van der Waals surface area contributed by atoms with Crippen molar-refractivity contribution in [2.75, 3.05) is 26.7 Å². The van der Waals surface area contributed by atoms with E-state index in [-0.39, 0.29) is 23.8 Å². The van der Waals surface area contributed by atoms with Crippen molar-refractivity contribution in [2.24, 2.45) is 0 Å². The molecule has 2 aromatic rings. The Morgan fingerprint density at radius 1 is 0.925 bits per heavy atom. The maximum Gasteiger partial charge on any atom is 0.410 e. The summed E-state index contributed by atoms with van der Waals surface area (Å²) in [4.78, 5) is 45.5. The van der Waals surface area contributed by atoms with E-state index in [1.54, 1.807) is 47.2 Å². The van der Waals surface area contributed by atoms with Gasteiger partial charge in [-0.1, -0.05) is 40.9 Å². The summed E-state index contributed by atoms with van der Waals surface area (Å²) in [5, 5.41) is 1.41. The molecule has 3 amide bonds. The Labute approximate surface area is 251 Å². The molecule has 2 fully saturated rings. The van der Waals surface area contributed by atoms with Crippen LogP contribution in [-0.2, 0) is 9.53 Å². The van der Waals surface area contributed by atoms with E-state index in [4.69, 9.17) is 39.5 Å². The van der Waals surface area contributed by atoms with E-state index >= 15 is 0 Å². The minimum Gasteiger partial charge on any atom is -0.444 e. The van der Waals surface area contributed by atoms with Crippen LogP contribution in [0.15, 0.2) is 42.5 Å². The summed E-state index contributed by atoms with van der Waals surface area (Å²) in [6.45, 7) is 6.77. The van der Waals surface area contributed by atoms with Gasteiger partial charge >= 0.3 is 6.09 Å². The number of piperidine rings is 2. The lowest BCUT2D eigenvalue weighted by molar-refractivity contribution is -0.140. The first-order valence-corrected chi connectivity index (χ1v) is 14.7. The quantitative estimate of drug-likeness (QED) is 0.379. The van der Waals surface area contributed by atoms with Crippen LogP contribution in [0.1, 0.15) is 68.3 Å². The van der Waals surface area contributed by atoms with Gasteiger partial charge in [0.25, 0.3) is 5.91 Å². The normalized spacial score (nSPS) is 21.6. The van der Waals surface area contributed by atoms with Gasteiger partial charge in [-0.15, -0.1) is 0 Å². The molecule has 0 N–H and O–H groups in total. The maximum atomic E-state index is 13.9. The number of rotatable bonds is 4. The van der Waals surface area contributed by atoms with Gasteiger partial charge in [-0.3, -0.25) is 14.5 Å². The molecule has 4 rings (SSSR count). The zero-order chi connectivity index (χ0) is 29.2. The zero-order valence-corrected chi connectivity index (χ0v) is 25.6. The standard InChI is InChI=1S/C30H36Cl3N3O4/c1-30(2,3)40-29(39)36-15-6-5-7-26(36)28(38)35-16-14-25(22(18-35)20-10-13-23(32)24(33)17-20)34(4)27(37)19-8-11-21(31)12-9-19/h8-13,17,22,25-26H,5-7,14-16,18H2,1-4H3/t22-,25+,26-/m0/s1. The van der Waals surface area contributed by atoms with Crippen molar-refractivity contribution in [1.82, 2.24) is 14.7 Å². The Kier molecular flexibility index (Phi) is 9.59. The second kappa shape index (κ2) is 12.6. The van der Waals surface area contributed by atoms with Crippen LogP contribution in [0.3, 0.4) is 0 Å². The SMILES string of the molecule is CN(C(=O)c1ccc(Cl)cc1)[C@@H]1CCN(C(=O)[C@@H]2CCCCN2C(=O)OC(C)(C)C)C[C@H]1c1ccc(Cl)c(Cl)c1. The summed E-state index contributed by atoms with van der Waals surface area (Å²) < 4.78 is 5.62. The molecule has 0 saturated carbocycles. The molecule has 0 unspecified atom stereocenters. The number of likely N-dealkylation sites (tertiary alicyclic amines) is 2. The van der Waals surface area contributed by atoms with Gasteiger partial charge in [0.05, 0.1) is 10.0 Å². The molecule has 0 aromatic heterocycles. The predicted molar refractivity (Wildman–Crippen MR) is 158 cm³/mol. The van der Waals surface area contributed by atoms with Crippen molar-refractivity contribution < 1.29 is 19.1 Å². The number of ether oxygens (including phenoxy) is 1.